The van der Waals surface area contributed by atoms with Crippen LogP contribution in [-0.2, 0) is 4.74 Å². The molecule has 1 fully saturated rings. The van der Waals surface area contributed by atoms with Crippen LogP contribution >= 0.6 is 0 Å². The average molecular weight is 297 g/mol. The molecule has 0 amide bonds. The summed E-state index contributed by atoms with van der Waals surface area (Å²) in [6.45, 7) is 6.11. The van der Waals surface area contributed by atoms with Gasteiger partial charge in [0.2, 0.25) is 0 Å². The van der Waals surface area contributed by atoms with Crippen molar-refractivity contribution in [2.45, 2.75) is 39.0 Å². The molecule has 1 aromatic carbocycles. The van der Waals surface area contributed by atoms with Gasteiger partial charge in [0, 0.05) is 23.6 Å². The first-order valence-corrected chi connectivity index (χ1v) is 7.23. The van der Waals surface area contributed by atoms with Gasteiger partial charge in [0.1, 0.15) is 5.82 Å². The van der Waals surface area contributed by atoms with Gasteiger partial charge in [0.05, 0.1) is 26.4 Å². The lowest BCUT2D eigenvalue weighted by Crippen LogP contribution is -2.31. The van der Waals surface area contributed by atoms with Gasteiger partial charge in [-0.25, -0.2) is 4.39 Å². The SMILES string of the molecule is COc1cc(F)c(C(N)C2C(C)OC(C)C2C)cc1OC. The molecule has 1 aromatic rings. The summed E-state index contributed by atoms with van der Waals surface area (Å²) in [7, 11) is 3.00. The maximum atomic E-state index is 14.4. The molecule has 0 spiro atoms. The van der Waals surface area contributed by atoms with Gasteiger partial charge in [-0.15, -0.1) is 0 Å². The smallest absolute Gasteiger partial charge is 0.163 e. The van der Waals surface area contributed by atoms with Crippen molar-refractivity contribution in [3.8, 4) is 11.5 Å². The van der Waals surface area contributed by atoms with E-state index in [0.29, 0.717) is 17.1 Å². The summed E-state index contributed by atoms with van der Waals surface area (Å²) in [4.78, 5) is 0. The molecule has 2 rings (SSSR count). The Labute approximate surface area is 125 Å². The highest BCUT2D eigenvalue weighted by atomic mass is 19.1. The lowest BCUT2D eigenvalue weighted by atomic mass is 9.81. The minimum atomic E-state index is -0.445. The molecule has 21 heavy (non-hydrogen) atoms. The normalized spacial score (nSPS) is 30.2. The van der Waals surface area contributed by atoms with E-state index in [1.54, 1.807) is 6.07 Å². The zero-order valence-electron chi connectivity index (χ0n) is 13.2. The van der Waals surface area contributed by atoms with E-state index in [1.165, 1.54) is 20.3 Å². The van der Waals surface area contributed by atoms with Crippen LogP contribution in [0.3, 0.4) is 0 Å². The van der Waals surface area contributed by atoms with Crippen molar-refractivity contribution in [1.29, 1.82) is 0 Å². The molecule has 5 atom stereocenters. The van der Waals surface area contributed by atoms with E-state index >= 15 is 0 Å². The summed E-state index contributed by atoms with van der Waals surface area (Å²) in [5.41, 5.74) is 6.78. The lowest BCUT2D eigenvalue weighted by Gasteiger charge is -2.27. The Morgan fingerprint density at radius 1 is 1.10 bits per heavy atom. The van der Waals surface area contributed by atoms with E-state index in [9.17, 15) is 4.39 Å². The van der Waals surface area contributed by atoms with Crippen LogP contribution < -0.4 is 15.2 Å². The molecule has 1 aliphatic heterocycles. The standard InChI is InChI=1S/C16H24FNO3/c1-8-9(2)21-10(3)15(8)16(18)11-6-13(19-4)14(20-5)7-12(11)17/h6-10,15-16H,18H2,1-5H3. The van der Waals surface area contributed by atoms with E-state index in [2.05, 4.69) is 6.92 Å². The fraction of sp³-hybridized carbons (Fsp3) is 0.625. The number of methoxy groups -OCH3 is 2. The first-order chi connectivity index (χ1) is 9.90. The van der Waals surface area contributed by atoms with Crippen LogP contribution in [0, 0.1) is 17.7 Å². The minimum Gasteiger partial charge on any atom is -0.493 e. The Balaban J connectivity index is 2.37. The molecule has 1 heterocycles. The molecule has 118 valence electrons. The number of hydrogen-bond acceptors (Lipinski definition) is 4. The molecule has 2 N–H and O–H groups in total. The minimum absolute atomic E-state index is 0.00232. The molecule has 4 nitrogen and oxygen atoms in total. The monoisotopic (exact) mass is 297 g/mol. The number of ether oxygens (including phenoxy) is 3. The van der Waals surface area contributed by atoms with Gasteiger partial charge in [-0.05, 0) is 25.8 Å². The van der Waals surface area contributed by atoms with E-state index < -0.39 is 6.04 Å². The van der Waals surface area contributed by atoms with Crippen LogP contribution in [0.5, 0.6) is 11.5 Å². The largest absolute Gasteiger partial charge is 0.493 e. The number of rotatable bonds is 4. The highest BCUT2D eigenvalue weighted by Gasteiger charge is 2.41. The predicted octanol–water partition coefficient (Wildman–Crippen LogP) is 2.90. The molecule has 1 saturated heterocycles. The number of hydrogen-bond donors (Lipinski definition) is 1. The molecule has 0 aromatic heterocycles. The van der Waals surface area contributed by atoms with Gasteiger partial charge in [0.25, 0.3) is 0 Å². The highest BCUT2D eigenvalue weighted by molar-refractivity contribution is 5.45. The Morgan fingerprint density at radius 3 is 2.14 bits per heavy atom. The van der Waals surface area contributed by atoms with Gasteiger partial charge in [-0.3, -0.25) is 0 Å². The highest BCUT2D eigenvalue weighted by Crippen LogP contribution is 2.42. The Bertz CT molecular complexity index is 509. The topological polar surface area (TPSA) is 53.7 Å². The van der Waals surface area contributed by atoms with Crippen molar-refractivity contribution in [1.82, 2.24) is 0 Å². The second kappa shape index (κ2) is 6.20. The predicted molar refractivity (Wildman–Crippen MR) is 79.1 cm³/mol. The number of nitrogens with two attached hydrogens (primary N) is 1. The first-order valence-electron chi connectivity index (χ1n) is 7.23. The van der Waals surface area contributed by atoms with Gasteiger partial charge >= 0.3 is 0 Å². The number of halogens is 1. The molecular weight excluding hydrogens is 273 g/mol. The van der Waals surface area contributed by atoms with E-state index in [4.69, 9.17) is 19.9 Å². The third-order valence-electron chi connectivity index (χ3n) is 4.60. The Hall–Kier alpha value is -1.33. The Kier molecular flexibility index (Phi) is 4.74. The maximum Gasteiger partial charge on any atom is 0.163 e. The zero-order valence-corrected chi connectivity index (χ0v) is 13.2. The lowest BCUT2D eigenvalue weighted by molar-refractivity contribution is 0.0488. The van der Waals surface area contributed by atoms with E-state index in [0.717, 1.165) is 0 Å². The molecule has 0 radical (unpaired) electrons. The number of benzene rings is 1. The molecule has 0 saturated carbocycles. The van der Waals surface area contributed by atoms with Crippen molar-refractivity contribution in [2.75, 3.05) is 14.2 Å². The second-order valence-electron chi connectivity index (χ2n) is 5.74. The van der Waals surface area contributed by atoms with Gasteiger partial charge < -0.3 is 19.9 Å². The third-order valence-corrected chi connectivity index (χ3v) is 4.60. The van der Waals surface area contributed by atoms with Crippen molar-refractivity contribution in [3.63, 3.8) is 0 Å². The molecule has 0 aliphatic carbocycles. The van der Waals surface area contributed by atoms with Crippen molar-refractivity contribution >= 4 is 0 Å². The molecule has 5 heteroatoms. The first kappa shape index (κ1) is 16.0. The van der Waals surface area contributed by atoms with Gasteiger partial charge in [0.15, 0.2) is 11.5 Å². The van der Waals surface area contributed by atoms with Crippen LogP contribution in [0.2, 0.25) is 0 Å². The summed E-state index contributed by atoms with van der Waals surface area (Å²) in [6.07, 6.45) is 0.122. The summed E-state index contributed by atoms with van der Waals surface area (Å²) < 4.78 is 30.5. The quantitative estimate of drug-likeness (QED) is 0.928. The van der Waals surface area contributed by atoms with E-state index in [1.807, 2.05) is 13.8 Å². The van der Waals surface area contributed by atoms with Crippen molar-refractivity contribution in [2.24, 2.45) is 17.6 Å². The molecular formula is C16H24FNO3. The van der Waals surface area contributed by atoms with Crippen LogP contribution in [0.4, 0.5) is 4.39 Å². The van der Waals surface area contributed by atoms with Gasteiger partial charge in [-0.1, -0.05) is 6.92 Å². The van der Waals surface area contributed by atoms with Crippen LogP contribution in [0.25, 0.3) is 0 Å². The average Bonchev–Trinajstić information content (AvgIpc) is 2.71. The summed E-state index contributed by atoms with van der Waals surface area (Å²) >= 11 is 0. The fourth-order valence-corrected chi connectivity index (χ4v) is 3.25. The van der Waals surface area contributed by atoms with Crippen molar-refractivity contribution in [3.05, 3.63) is 23.5 Å². The summed E-state index contributed by atoms with van der Waals surface area (Å²) in [6, 6.07) is 2.50. The summed E-state index contributed by atoms with van der Waals surface area (Å²) in [5.74, 6) is 0.800. The molecule has 1 aliphatic rings. The van der Waals surface area contributed by atoms with Crippen molar-refractivity contribution < 1.29 is 18.6 Å². The van der Waals surface area contributed by atoms with Crippen LogP contribution in [-0.4, -0.2) is 26.4 Å². The third kappa shape index (κ3) is 2.85. The zero-order chi connectivity index (χ0) is 15.7. The van der Waals surface area contributed by atoms with Crippen LogP contribution in [0.1, 0.15) is 32.4 Å². The van der Waals surface area contributed by atoms with Gasteiger partial charge in [-0.2, -0.15) is 0 Å². The fourth-order valence-electron chi connectivity index (χ4n) is 3.25. The Morgan fingerprint density at radius 2 is 1.67 bits per heavy atom. The second-order valence-corrected chi connectivity index (χ2v) is 5.74. The summed E-state index contributed by atoms with van der Waals surface area (Å²) in [5, 5.41) is 0. The van der Waals surface area contributed by atoms with E-state index in [-0.39, 0.29) is 29.9 Å². The maximum absolute atomic E-state index is 14.4. The van der Waals surface area contributed by atoms with Crippen LogP contribution in [0.15, 0.2) is 12.1 Å². The molecule has 0 bridgehead atoms. The molecule has 5 unspecified atom stereocenters.